The Morgan fingerprint density at radius 1 is 1.04 bits per heavy atom. The number of benzene rings is 2. The molecule has 2 heterocycles. The van der Waals surface area contributed by atoms with Gasteiger partial charge in [-0.25, -0.2) is 4.79 Å². The third-order valence-corrected chi connectivity index (χ3v) is 4.81. The second kappa shape index (κ2) is 9.17. The highest BCUT2D eigenvalue weighted by molar-refractivity contribution is 6.32. The number of ether oxygens (including phenoxy) is 2. The lowest BCUT2D eigenvalue weighted by molar-refractivity contribution is -0.139. The van der Waals surface area contributed by atoms with Crippen LogP contribution in [0.4, 0.5) is 0 Å². The molecular formula is C20H19Cl2NO5. The van der Waals surface area contributed by atoms with Crippen LogP contribution in [-0.4, -0.2) is 36.2 Å². The minimum absolute atomic E-state index is 0.0743. The molecule has 0 saturated carbocycles. The number of carboxylic acid groups (broad SMARTS) is 1. The van der Waals surface area contributed by atoms with Crippen molar-refractivity contribution in [2.75, 3.05) is 13.2 Å². The van der Waals surface area contributed by atoms with E-state index in [0.717, 1.165) is 6.42 Å². The van der Waals surface area contributed by atoms with Gasteiger partial charge in [-0.15, -0.1) is 0 Å². The van der Waals surface area contributed by atoms with E-state index in [1.165, 1.54) is 6.07 Å². The highest BCUT2D eigenvalue weighted by Crippen LogP contribution is 2.27. The van der Waals surface area contributed by atoms with Crippen LogP contribution in [0.5, 0.6) is 11.5 Å². The van der Waals surface area contributed by atoms with E-state index in [1.807, 2.05) is 0 Å². The minimum atomic E-state index is -1.15. The molecule has 2 aromatic carbocycles. The number of carbonyl (C=O) groups is 2. The number of aliphatic carboxylic acids is 1. The molecule has 2 N–H and O–H groups in total. The Morgan fingerprint density at radius 2 is 1.75 bits per heavy atom. The van der Waals surface area contributed by atoms with Gasteiger partial charge >= 0.3 is 5.97 Å². The van der Waals surface area contributed by atoms with Gasteiger partial charge < -0.3 is 19.9 Å². The van der Waals surface area contributed by atoms with Crippen LogP contribution in [0.3, 0.4) is 0 Å². The van der Waals surface area contributed by atoms with Crippen LogP contribution < -0.4 is 14.8 Å². The van der Waals surface area contributed by atoms with Crippen LogP contribution in [0.2, 0.25) is 10.0 Å². The average molecular weight is 424 g/mol. The topological polar surface area (TPSA) is 84.9 Å². The molecule has 0 fully saturated rings. The highest BCUT2D eigenvalue weighted by Gasteiger charge is 2.23. The van der Waals surface area contributed by atoms with Gasteiger partial charge in [0.05, 0.1) is 23.8 Å². The molecule has 2 aliphatic rings. The molecule has 0 aliphatic carbocycles. The lowest BCUT2D eigenvalue weighted by atomic mass is 10.0. The van der Waals surface area contributed by atoms with Gasteiger partial charge in [-0.2, -0.15) is 0 Å². The maximum Gasteiger partial charge on any atom is 0.326 e. The van der Waals surface area contributed by atoms with Gasteiger partial charge in [-0.05, 0) is 48.7 Å². The first kappa shape index (κ1) is 20.3. The summed E-state index contributed by atoms with van der Waals surface area (Å²) >= 11 is 12.2. The molecule has 8 heteroatoms. The summed E-state index contributed by atoms with van der Waals surface area (Å²) in [6, 6.07) is 8.59. The van der Waals surface area contributed by atoms with Gasteiger partial charge in [0.15, 0.2) is 0 Å². The number of nitrogens with one attached hydrogen (secondary N) is 1. The lowest BCUT2D eigenvalue weighted by Crippen LogP contribution is -2.42. The fraction of sp³-hybridized carbons (Fsp3) is 0.300. The van der Waals surface area contributed by atoms with Crippen molar-refractivity contribution in [1.29, 1.82) is 0 Å². The summed E-state index contributed by atoms with van der Waals surface area (Å²) in [6.07, 6.45) is 1.51. The molecule has 0 aromatic heterocycles. The molecule has 0 saturated heterocycles. The molecule has 0 spiro atoms. The molecule has 2 aliphatic heterocycles. The van der Waals surface area contributed by atoms with Crippen LogP contribution in [0, 0.1) is 0 Å². The second-order valence-electron chi connectivity index (χ2n) is 6.38. The van der Waals surface area contributed by atoms with Gasteiger partial charge in [-0.3, -0.25) is 4.79 Å². The zero-order valence-electron chi connectivity index (χ0n) is 14.9. The predicted octanol–water partition coefficient (Wildman–Crippen LogP) is 3.97. The number of hydrogen-bond acceptors (Lipinski definition) is 4. The fourth-order valence-electron chi connectivity index (χ4n) is 2.83. The van der Waals surface area contributed by atoms with Crippen molar-refractivity contribution in [1.82, 2.24) is 5.32 Å². The maximum atomic E-state index is 12.7. The molecule has 0 unspecified atom stereocenters. The van der Waals surface area contributed by atoms with E-state index in [1.54, 1.807) is 30.3 Å². The molecule has 28 heavy (non-hydrogen) atoms. The standard InChI is InChI=1S/C20H19Cl2NO5/c21-13-4-5-14-18(11-13)28-8-2-1-7-27-17-6-3-12(9-15(17)22)10-16(20(25)26)23-19(14)24/h3-6,9,11,16H,1-2,7-8,10H2,(H,23,24)(H,25,26)/t16-/m0/s1. The molecule has 1 atom stereocenters. The van der Waals surface area contributed by atoms with Crippen molar-refractivity contribution in [3.63, 3.8) is 0 Å². The Hall–Kier alpha value is -2.44. The Morgan fingerprint density at radius 3 is 2.43 bits per heavy atom. The first-order valence-electron chi connectivity index (χ1n) is 8.81. The number of halogens is 2. The lowest BCUT2D eigenvalue weighted by Gasteiger charge is -2.18. The van der Waals surface area contributed by atoms with Crippen molar-refractivity contribution >= 4 is 35.1 Å². The van der Waals surface area contributed by atoms with Crippen molar-refractivity contribution in [2.45, 2.75) is 25.3 Å². The Labute approximate surface area is 172 Å². The third-order valence-electron chi connectivity index (χ3n) is 4.28. The molecule has 6 nitrogen and oxygen atoms in total. The van der Waals surface area contributed by atoms with E-state index < -0.39 is 17.9 Å². The number of amides is 1. The number of hydrogen-bond donors (Lipinski definition) is 2. The van der Waals surface area contributed by atoms with Crippen LogP contribution >= 0.6 is 23.2 Å². The average Bonchev–Trinajstić information content (AvgIpc) is 2.64. The minimum Gasteiger partial charge on any atom is -0.493 e. The smallest absolute Gasteiger partial charge is 0.326 e. The molecule has 1 amide bonds. The quantitative estimate of drug-likeness (QED) is 0.724. The number of fused-ring (bicyclic) bond motifs is 10. The van der Waals surface area contributed by atoms with Gasteiger partial charge in [-0.1, -0.05) is 29.3 Å². The summed E-state index contributed by atoms with van der Waals surface area (Å²) in [5.41, 5.74) is 0.900. The van der Waals surface area contributed by atoms with Gasteiger partial charge in [0.25, 0.3) is 5.91 Å². The summed E-state index contributed by atoms with van der Waals surface area (Å²) in [4.78, 5) is 24.4. The van der Waals surface area contributed by atoms with Crippen LogP contribution in [0.15, 0.2) is 36.4 Å². The molecule has 2 aromatic rings. The number of carboxylic acids is 1. The van der Waals surface area contributed by atoms with Gasteiger partial charge in [0.1, 0.15) is 17.5 Å². The van der Waals surface area contributed by atoms with Crippen molar-refractivity contribution in [2.24, 2.45) is 0 Å². The Kier molecular flexibility index (Phi) is 6.65. The summed E-state index contributed by atoms with van der Waals surface area (Å²) in [5.74, 6) is -0.848. The van der Waals surface area contributed by atoms with Crippen LogP contribution in [0.25, 0.3) is 0 Å². The first-order valence-corrected chi connectivity index (χ1v) is 9.57. The van der Waals surface area contributed by atoms with E-state index in [9.17, 15) is 14.7 Å². The van der Waals surface area contributed by atoms with Crippen molar-refractivity contribution < 1.29 is 24.2 Å². The number of carbonyl (C=O) groups excluding carboxylic acids is 1. The Balaban J connectivity index is 1.92. The largest absolute Gasteiger partial charge is 0.493 e. The summed E-state index contributed by atoms with van der Waals surface area (Å²) in [7, 11) is 0. The zero-order chi connectivity index (χ0) is 20.1. The fourth-order valence-corrected chi connectivity index (χ4v) is 3.25. The summed E-state index contributed by atoms with van der Waals surface area (Å²) in [6.45, 7) is 0.822. The normalized spacial score (nSPS) is 17.8. The third kappa shape index (κ3) is 5.09. The zero-order valence-corrected chi connectivity index (χ0v) is 16.4. The van der Waals surface area contributed by atoms with Crippen molar-refractivity contribution in [3.8, 4) is 11.5 Å². The molecule has 0 radical (unpaired) electrons. The SMILES string of the molecule is O=C1N[C@H](C(=O)O)Cc2ccc(c(Cl)c2)OCCCCOc2cc(Cl)ccc21. The molecule has 148 valence electrons. The van der Waals surface area contributed by atoms with Crippen LogP contribution in [0.1, 0.15) is 28.8 Å². The second-order valence-corrected chi connectivity index (χ2v) is 7.22. The highest BCUT2D eigenvalue weighted by atomic mass is 35.5. The Bertz CT molecular complexity index is 887. The summed E-state index contributed by atoms with van der Waals surface area (Å²) in [5, 5.41) is 12.9. The van der Waals surface area contributed by atoms with E-state index in [-0.39, 0.29) is 12.0 Å². The monoisotopic (exact) mass is 423 g/mol. The molecule has 2 bridgehead atoms. The van der Waals surface area contributed by atoms with Crippen molar-refractivity contribution in [3.05, 3.63) is 57.6 Å². The summed E-state index contributed by atoms with van der Waals surface area (Å²) < 4.78 is 11.4. The molecule has 4 rings (SSSR count). The maximum absolute atomic E-state index is 12.7. The predicted molar refractivity (Wildman–Crippen MR) is 106 cm³/mol. The molecular weight excluding hydrogens is 405 g/mol. The van der Waals surface area contributed by atoms with Crippen LogP contribution in [-0.2, 0) is 11.2 Å². The van der Waals surface area contributed by atoms with E-state index >= 15 is 0 Å². The van der Waals surface area contributed by atoms with E-state index in [2.05, 4.69) is 5.32 Å². The first-order chi connectivity index (χ1) is 13.4. The van der Waals surface area contributed by atoms with Gasteiger partial charge in [0, 0.05) is 11.4 Å². The number of rotatable bonds is 1. The van der Waals surface area contributed by atoms with Gasteiger partial charge in [0.2, 0.25) is 0 Å². The van der Waals surface area contributed by atoms with E-state index in [0.29, 0.717) is 46.7 Å². The van der Waals surface area contributed by atoms with E-state index in [4.69, 9.17) is 32.7 Å².